The summed E-state index contributed by atoms with van der Waals surface area (Å²) in [6, 6.07) is 10.8. The standard InChI is InChI=1S/C12H20O3SSi/c1-13-17(14-2,15-9-6-10-16)11-12-7-4-3-5-8-12/h3-5,7-8,16H,6,9-11H2,1-2H3. The Balaban J connectivity index is 2.63. The van der Waals surface area contributed by atoms with E-state index in [0.29, 0.717) is 12.7 Å². The molecule has 0 radical (unpaired) electrons. The molecule has 96 valence electrons. The van der Waals surface area contributed by atoms with Crippen molar-refractivity contribution < 1.29 is 13.3 Å². The van der Waals surface area contributed by atoms with E-state index in [2.05, 4.69) is 24.8 Å². The van der Waals surface area contributed by atoms with Gasteiger partial charge in [-0.1, -0.05) is 30.3 Å². The Labute approximate surface area is 110 Å². The van der Waals surface area contributed by atoms with Crippen molar-refractivity contribution in [2.75, 3.05) is 26.6 Å². The summed E-state index contributed by atoms with van der Waals surface area (Å²) in [5, 5.41) is 0. The molecule has 0 aliphatic rings. The van der Waals surface area contributed by atoms with E-state index in [1.165, 1.54) is 5.56 Å². The highest BCUT2D eigenvalue weighted by Gasteiger charge is 2.39. The molecule has 1 rings (SSSR count). The van der Waals surface area contributed by atoms with Crippen molar-refractivity contribution in [2.45, 2.75) is 12.5 Å². The van der Waals surface area contributed by atoms with E-state index in [1.54, 1.807) is 14.2 Å². The molecule has 0 N–H and O–H groups in total. The third kappa shape index (κ3) is 4.81. The fourth-order valence-electron chi connectivity index (χ4n) is 1.53. The van der Waals surface area contributed by atoms with Gasteiger partial charge in [0.2, 0.25) is 0 Å². The Morgan fingerprint density at radius 2 is 1.76 bits per heavy atom. The van der Waals surface area contributed by atoms with Crippen LogP contribution in [0.25, 0.3) is 0 Å². The highest BCUT2D eigenvalue weighted by molar-refractivity contribution is 7.80. The van der Waals surface area contributed by atoms with Gasteiger partial charge in [-0.05, 0) is 17.7 Å². The summed E-state index contributed by atoms with van der Waals surface area (Å²) in [7, 11) is 0.749. The molecule has 5 heteroatoms. The lowest BCUT2D eigenvalue weighted by atomic mass is 10.2. The molecule has 0 saturated carbocycles. The van der Waals surface area contributed by atoms with Crippen LogP contribution in [0, 0.1) is 0 Å². The first-order valence-electron chi connectivity index (χ1n) is 5.65. The van der Waals surface area contributed by atoms with Gasteiger partial charge in [0.15, 0.2) is 0 Å². The van der Waals surface area contributed by atoms with Gasteiger partial charge in [-0.3, -0.25) is 0 Å². The molecule has 3 nitrogen and oxygen atoms in total. The van der Waals surface area contributed by atoms with Gasteiger partial charge >= 0.3 is 8.80 Å². The van der Waals surface area contributed by atoms with Crippen LogP contribution in [0.15, 0.2) is 30.3 Å². The van der Waals surface area contributed by atoms with Gasteiger partial charge in [0, 0.05) is 26.9 Å². The summed E-state index contributed by atoms with van der Waals surface area (Å²) in [4.78, 5) is 0. The molecule has 0 aliphatic heterocycles. The van der Waals surface area contributed by atoms with Gasteiger partial charge in [-0.25, -0.2) is 0 Å². The van der Waals surface area contributed by atoms with E-state index in [0.717, 1.165) is 12.2 Å². The molecule has 0 aromatic heterocycles. The van der Waals surface area contributed by atoms with E-state index in [4.69, 9.17) is 13.3 Å². The molecular formula is C12H20O3SSi. The minimum Gasteiger partial charge on any atom is -0.377 e. The van der Waals surface area contributed by atoms with Gasteiger partial charge in [-0.2, -0.15) is 12.6 Å². The number of rotatable bonds is 8. The first-order valence-corrected chi connectivity index (χ1v) is 8.22. The molecule has 0 saturated heterocycles. The smallest absolute Gasteiger partial charge is 0.377 e. The van der Waals surface area contributed by atoms with Crippen LogP contribution in [0.5, 0.6) is 0 Å². The second kappa shape index (κ2) is 7.89. The van der Waals surface area contributed by atoms with Crippen molar-refractivity contribution in [1.82, 2.24) is 0 Å². The third-order valence-electron chi connectivity index (χ3n) is 2.51. The predicted octanol–water partition coefficient (Wildman–Crippen LogP) is 2.34. The molecular weight excluding hydrogens is 252 g/mol. The van der Waals surface area contributed by atoms with Crippen LogP contribution >= 0.6 is 12.6 Å². The van der Waals surface area contributed by atoms with Crippen LogP contribution in [0.2, 0.25) is 0 Å². The maximum absolute atomic E-state index is 5.82. The lowest BCUT2D eigenvalue weighted by Crippen LogP contribution is -2.47. The molecule has 17 heavy (non-hydrogen) atoms. The Hall–Kier alpha value is -0.333. The van der Waals surface area contributed by atoms with Crippen molar-refractivity contribution in [3.05, 3.63) is 35.9 Å². The second-order valence-electron chi connectivity index (χ2n) is 3.68. The van der Waals surface area contributed by atoms with Crippen molar-refractivity contribution in [2.24, 2.45) is 0 Å². The number of hydrogen-bond acceptors (Lipinski definition) is 4. The Morgan fingerprint density at radius 1 is 1.12 bits per heavy atom. The normalized spacial score (nSPS) is 11.7. The molecule has 0 unspecified atom stereocenters. The zero-order valence-corrected chi connectivity index (χ0v) is 12.3. The molecule has 0 fully saturated rings. The average molecular weight is 272 g/mol. The quantitative estimate of drug-likeness (QED) is 0.447. The number of thiol groups is 1. The van der Waals surface area contributed by atoms with Gasteiger partial charge < -0.3 is 13.3 Å². The number of hydrogen-bond donors (Lipinski definition) is 1. The zero-order chi connectivity index (χ0) is 12.6. The highest BCUT2D eigenvalue weighted by Crippen LogP contribution is 2.15. The van der Waals surface area contributed by atoms with Gasteiger partial charge in [0.25, 0.3) is 0 Å². The molecule has 1 aromatic carbocycles. The van der Waals surface area contributed by atoms with Crippen molar-refractivity contribution in [3.63, 3.8) is 0 Å². The summed E-state index contributed by atoms with van der Waals surface area (Å²) in [6.45, 7) is 0.629. The summed E-state index contributed by atoms with van der Waals surface area (Å²) in [5.41, 5.74) is 1.17. The fraction of sp³-hybridized carbons (Fsp3) is 0.500. The molecule has 0 aliphatic carbocycles. The van der Waals surface area contributed by atoms with Crippen LogP contribution < -0.4 is 0 Å². The lowest BCUT2D eigenvalue weighted by Gasteiger charge is -2.26. The van der Waals surface area contributed by atoms with Crippen LogP contribution in [0.1, 0.15) is 12.0 Å². The highest BCUT2D eigenvalue weighted by atomic mass is 32.1. The van der Waals surface area contributed by atoms with Crippen molar-refractivity contribution in [3.8, 4) is 0 Å². The van der Waals surface area contributed by atoms with E-state index in [9.17, 15) is 0 Å². The molecule has 0 bridgehead atoms. The van der Waals surface area contributed by atoms with Crippen LogP contribution in [-0.4, -0.2) is 35.4 Å². The minimum absolute atomic E-state index is 0.629. The molecule has 0 spiro atoms. The second-order valence-corrected chi connectivity index (χ2v) is 6.95. The van der Waals surface area contributed by atoms with Crippen LogP contribution in [0.3, 0.4) is 0 Å². The minimum atomic E-state index is -2.56. The Bertz CT molecular complexity index is 304. The van der Waals surface area contributed by atoms with Crippen molar-refractivity contribution in [1.29, 1.82) is 0 Å². The lowest BCUT2D eigenvalue weighted by molar-refractivity contribution is 0.0977. The number of benzene rings is 1. The fourth-order valence-corrected chi connectivity index (χ4v) is 3.65. The largest absolute Gasteiger partial charge is 0.505 e. The first kappa shape index (κ1) is 14.7. The molecule has 0 heterocycles. The molecule has 1 aromatic rings. The maximum Gasteiger partial charge on any atom is 0.505 e. The van der Waals surface area contributed by atoms with E-state index < -0.39 is 8.80 Å². The predicted molar refractivity (Wildman–Crippen MR) is 74.3 cm³/mol. The van der Waals surface area contributed by atoms with Gasteiger partial charge in [-0.15, -0.1) is 0 Å². The monoisotopic (exact) mass is 272 g/mol. The van der Waals surface area contributed by atoms with Crippen molar-refractivity contribution >= 4 is 21.4 Å². The zero-order valence-electron chi connectivity index (χ0n) is 10.4. The van der Waals surface area contributed by atoms with Crippen LogP contribution in [0.4, 0.5) is 0 Å². The van der Waals surface area contributed by atoms with Crippen LogP contribution in [-0.2, 0) is 19.3 Å². The molecule has 0 amide bonds. The summed E-state index contributed by atoms with van der Waals surface area (Å²) in [6.07, 6.45) is 0.902. The Morgan fingerprint density at radius 3 is 2.29 bits per heavy atom. The van der Waals surface area contributed by atoms with Gasteiger partial charge in [0.1, 0.15) is 0 Å². The maximum atomic E-state index is 5.82. The summed E-state index contributed by atoms with van der Waals surface area (Å²) >= 11 is 4.16. The van der Waals surface area contributed by atoms with E-state index in [1.807, 2.05) is 18.2 Å². The van der Waals surface area contributed by atoms with E-state index >= 15 is 0 Å². The average Bonchev–Trinajstić information content (AvgIpc) is 2.39. The van der Waals surface area contributed by atoms with E-state index in [-0.39, 0.29) is 0 Å². The third-order valence-corrected chi connectivity index (χ3v) is 5.56. The Kier molecular flexibility index (Phi) is 6.84. The summed E-state index contributed by atoms with van der Waals surface area (Å²) in [5.74, 6) is 0.809. The summed E-state index contributed by atoms with van der Waals surface area (Å²) < 4.78 is 16.8. The topological polar surface area (TPSA) is 27.7 Å². The first-order chi connectivity index (χ1) is 8.26. The SMILES string of the molecule is CO[Si](Cc1ccccc1)(OC)OCCCS. The molecule has 0 atom stereocenters. The van der Waals surface area contributed by atoms with Gasteiger partial charge in [0.05, 0.1) is 0 Å².